The van der Waals surface area contributed by atoms with Crippen LogP contribution < -0.4 is 0 Å². The van der Waals surface area contributed by atoms with Gasteiger partial charge in [0.1, 0.15) is 0 Å². The first-order chi connectivity index (χ1) is 7.86. The Labute approximate surface area is 95.7 Å². The molecule has 0 bridgehead atoms. The zero-order valence-electron chi connectivity index (χ0n) is 8.95. The maximum atomic E-state index is 9.90. The number of aliphatic hydroxyl groups is 1. The molecule has 1 N–H and O–H groups in total. The summed E-state index contributed by atoms with van der Waals surface area (Å²) in [6.07, 6.45) is 3.18. The molecule has 1 atom stereocenters. The minimum atomic E-state index is -0.540. The van der Waals surface area contributed by atoms with Crippen molar-refractivity contribution in [3.63, 3.8) is 0 Å². The van der Waals surface area contributed by atoms with Crippen LogP contribution in [0.5, 0.6) is 0 Å². The zero-order chi connectivity index (χ0) is 11.2. The molecular weight excluding hydrogens is 196 g/mol. The van der Waals surface area contributed by atoms with E-state index >= 15 is 0 Å². The molecule has 0 saturated heterocycles. The van der Waals surface area contributed by atoms with Gasteiger partial charge in [-0.1, -0.05) is 72.8 Å². The van der Waals surface area contributed by atoms with Gasteiger partial charge in [-0.05, 0) is 11.1 Å². The van der Waals surface area contributed by atoms with Gasteiger partial charge in [0.15, 0.2) is 0 Å². The maximum Gasteiger partial charge on any atom is 0.0975 e. The molecule has 2 aromatic rings. The molecule has 1 heteroatoms. The molecule has 0 fully saturated rings. The van der Waals surface area contributed by atoms with Gasteiger partial charge in [-0.15, -0.1) is 0 Å². The lowest BCUT2D eigenvalue weighted by Gasteiger charge is -2.04. The highest BCUT2D eigenvalue weighted by atomic mass is 16.3. The number of hydrogen-bond acceptors (Lipinski definition) is 1. The Morgan fingerprint density at radius 2 is 1.38 bits per heavy atom. The van der Waals surface area contributed by atoms with Crippen molar-refractivity contribution in [2.24, 2.45) is 0 Å². The van der Waals surface area contributed by atoms with Gasteiger partial charge in [0, 0.05) is 0 Å². The Morgan fingerprint density at radius 1 is 0.812 bits per heavy atom. The quantitative estimate of drug-likeness (QED) is 0.822. The molecule has 2 rings (SSSR count). The van der Waals surface area contributed by atoms with E-state index in [2.05, 4.69) is 0 Å². The Hall–Kier alpha value is -1.86. The Bertz CT molecular complexity index is 445. The SMILES string of the molecule is O[C@H](/C=C\c1ccccc1)c1ccccc1. The van der Waals surface area contributed by atoms with Crippen molar-refractivity contribution in [1.29, 1.82) is 0 Å². The van der Waals surface area contributed by atoms with Crippen LogP contribution in [0.25, 0.3) is 6.08 Å². The monoisotopic (exact) mass is 210 g/mol. The van der Waals surface area contributed by atoms with Gasteiger partial charge in [-0.3, -0.25) is 0 Å². The molecule has 0 unspecified atom stereocenters. The number of rotatable bonds is 3. The summed E-state index contributed by atoms with van der Waals surface area (Å²) in [5, 5.41) is 9.90. The van der Waals surface area contributed by atoms with Crippen LogP contribution in [0.4, 0.5) is 0 Å². The van der Waals surface area contributed by atoms with Crippen LogP contribution in [0.1, 0.15) is 17.2 Å². The van der Waals surface area contributed by atoms with Crippen molar-refractivity contribution >= 4 is 6.08 Å². The summed E-state index contributed by atoms with van der Waals surface area (Å²) >= 11 is 0. The van der Waals surface area contributed by atoms with Crippen LogP contribution in [0.3, 0.4) is 0 Å². The summed E-state index contributed by atoms with van der Waals surface area (Å²) in [7, 11) is 0. The summed E-state index contributed by atoms with van der Waals surface area (Å²) in [6.45, 7) is 0. The summed E-state index contributed by atoms with van der Waals surface area (Å²) < 4.78 is 0. The fourth-order valence-electron chi connectivity index (χ4n) is 1.53. The van der Waals surface area contributed by atoms with Gasteiger partial charge in [-0.25, -0.2) is 0 Å². The van der Waals surface area contributed by atoms with Gasteiger partial charge < -0.3 is 5.11 Å². The summed E-state index contributed by atoms with van der Waals surface area (Å²) in [5.41, 5.74) is 2.01. The lowest BCUT2D eigenvalue weighted by atomic mass is 10.1. The van der Waals surface area contributed by atoms with Crippen molar-refractivity contribution in [3.05, 3.63) is 77.9 Å². The molecule has 16 heavy (non-hydrogen) atoms. The molecule has 0 heterocycles. The van der Waals surface area contributed by atoms with Gasteiger partial charge in [0.25, 0.3) is 0 Å². The molecule has 2 aromatic carbocycles. The van der Waals surface area contributed by atoms with Crippen molar-refractivity contribution in [1.82, 2.24) is 0 Å². The van der Waals surface area contributed by atoms with E-state index in [1.54, 1.807) is 6.08 Å². The molecule has 0 amide bonds. The van der Waals surface area contributed by atoms with E-state index in [4.69, 9.17) is 0 Å². The first-order valence-electron chi connectivity index (χ1n) is 5.32. The molecule has 0 saturated carbocycles. The molecule has 0 radical (unpaired) electrons. The smallest absolute Gasteiger partial charge is 0.0975 e. The standard InChI is InChI=1S/C15H14O/c16-15(14-9-5-2-6-10-14)12-11-13-7-3-1-4-8-13/h1-12,15-16H/b12-11-/t15-/m1/s1. The first kappa shape index (κ1) is 10.7. The minimum Gasteiger partial charge on any atom is -0.384 e. The highest BCUT2D eigenvalue weighted by Crippen LogP contribution is 2.14. The van der Waals surface area contributed by atoms with E-state index in [-0.39, 0.29) is 0 Å². The molecule has 0 aromatic heterocycles. The Morgan fingerprint density at radius 3 is 2.00 bits per heavy atom. The van der Waals surface area contributed by atoms with Crippen LogP contribution in [-0.2, 0) is 0 Å². The van der Waals surface area contributed by atoms with Crippen LogP contribution in [0, 0.1) is 0 Å². The molecule has 0 aliphatic heterocycles. The van der Waals surface area contributed by atoms with E-state index in [9.17, 15) is 5.11 Å². The van der Waals surface area contributed by atoms with Gasteiger partial charge in [-0.2, -0.15) is 0 Å². The first-order valence-corrected chi connectivity index (χ1v) is 5.32. The van der Waals surface area contributed by atoms with Gasteiger partial charge in [0.05, 0.1) is 6.10 Å². The predicted molar refractivity (Wildman–Crippen MR) is 66.9 cm³/mol. The topological polar surface area (TPSA) is 20.2 Å². The number of aliphatic hydroxyl groups excluding tert-OH is 1. The summed E-state index contributed by atoms with van der Waals surface area (Å²) in [5.74, 6) is 0. The second-order valence-electron chi connectivity index (χ2n) is 3.63. The summed E-state index contributed by atoms with van der Waals surface area (Å²) in [4.78, 5) is 0. The second kappa shape index (κ2) is 5.29. The lowest BCUT2D eigenvalue weighted by Crippen LogP contribution is -1.91. The highest BCUT2D eigenvalue weighted by Gasteiger charge is 2.00. The van der Waals surface area contributed by atoms with E-state index in [0.717, 1.165) is 11.1 Å². The molecule has 0 aliphatic carbocycles. The van der Waals surface area contributed by atoms with Crippen LogP contribution in [-0.4, -0.2) is 5.11 Å². The largest absolute Gasteiger partial charge is 0.384 e. The number of hydrogen-bond donors (Lipinski definition) is 1. The van der Waals surface area contributed by atoms with Crippen molar-refractivity contribution in [2.45, 2.75) is 6.10 Å². The average Bonchev–Trinajstić information content (AvgIpc) is 2.38. The molecule has 80 valence electrons. The van der Waals surface area contributed by atoms with Crippen molar-refractivity contribution in [3.8, 4) is 0 Å². The number of benzene rings is 2. The van der Waals surface area contributed by atoms with Gasteiger partial charge in [0.2, 0.25) is 0 Å². The fourth-order valence-corrected chi connectivity index (χ4v) is 1.53. The highest BCUT2D eigenvalue weighted by molar-refractivity contribution is 5.49. The second-order valence-corrected chi connectivity index (χ2v) is 3.63. The van der Waals surface area contributed by atoms with E-state index in [1.807, 2.05) is 66.7 Å². The third kappa shape index (κ3) is 2.81. The zero-order valence-corrected chi connectivity index (χ0v) is 8.95. The molecule has 0 spiro atoms. The van der Waals surface area contributed by atoms with Crippen molar-refractivity contribution < 1.29 is 5.11 Å². The third-order valence-corrected chi connectivity index (χ3v) is 2.41. The van der Waals surface area contributed by atoms with E-state index < -0.39 is 6.10 Å². The van der Waals surface area contributed by atoms with Crippen LogP contribution in [0.15, 0.2) is 66.7 Å². The Balaban J connectivity index is 2.08. The van der Waals surface area contributed by atoms with Crippen molar-refractivity contribution in [2.75, 3.05) is 0 Å². The van der Waals surface area contributed by atoms with Crippen LogP contribution in [0.2, 0.25) is 0 Å². The normalized spacial score (nSPS) is 12.8. The van der Waals surface area contributed by atoms with Crippen LogP contribution >= 0.6 is 0 Å². The summed E-state index contributed by atoms with van der Waals surface area (Å²) in [6, 6.07) is 19.6. The molecule has 1 nitrogen and oxygen atoms in total. The Kier molecular flexibility index (Phi) is 3.52. The maximum absolute atomic E-state index is 9.90. The average molecular weight is 210 g/mol. The predicted octanol–water partition coefficient (Wildman–Crippen LogP) is 3.43. The minimum absolute atomic E-state index is 0.540. The third-order valence-electron chi connectivity index (χ3n) is 2.41. The van der Waals surface area contributed by atoms with E-state index in [1.165, 1.54) is 0 Å². The molecular formula is C15H14O. The van der Waals surface area contributed by atoms with E-state index in [0.29, 0.717) is 0 Å². The fraction of sp³-hybridized carbons (Fsp3) is 0.0667. The van der Waals surface area contributed by atoms with Gasteiger partial charge >= 0.3 is 0 Å². The molecule has 0 aliphatic rings. The lowest BCUT2D eigenvalue weighted by molar-refractivity contribution is 0.229.